The molecule has 7 nitrogen and oxygen atoms in total. The number of carbonyl (C=O) groups is 1. The third-order valence-electron chi connectivity index (χ3n) is 5.49. The van der Waals surface area contributed by atoms with E-state index >= 15 is 0 Å². The highest BCUT2D eigenvalue weighted by atomic mass is 32.2. The minimum atomic E-state index is -3.40. The van der Waals surface area contributed by atoms with Gasteiger partial charge in [-0.1, -0.05) is 6.42 Å². The number of nitrogens with zero attached hydrogens (tertiary/aromatic N) is 4. The Balaban J connectivity index is 1.61. The van der Waals surface area contributed by atoms with Crippen molar-refractivity contribution in [1.29, 1.82) is 0 Å². The van der Waals surface area contributed by atoms with Crippen molar-refractivity contribution in [1.82, 2.24) is 18.1 Å². The van der Waals surface area contributed by atoms with Crippen LogP contribution in [0.5, 0.6) is 0 Å². The molecule has 0 aliphatic carbocycles. The zero-order valence-corrected chi connectivity index (χ0v) is 16.7. The SMILES string of the molecule is Cc1ccc(C)n1CC(=O)N1CCCN(S(=O)(=O)N2CCCCC2)CC1. The van der Waals surface area contributed by atoms with Gasteiger partial charge in [-0.2, -0.15) is 17.0 Å². The van der Waals surface area contributed by atoms with Gasteiger partial charge in [-0.3, -0.25) is 4.79 Å². The summed E-state index contributed by atoms with van der Waals surface area (Å²) in [7, 11) is -3.40. The second-order valence-electron chi connectivity index (χ2n) is 7.30. The smallest absolute Gasteiger partial charge is 0.282 e. The van der Waals surface area contributed by atoms with E-state index in [4.69, 9.17) is 0 Å². The predicted octanol–water partition coefficient (Wildman–Crippen LogP) is 1.37. The van der Waals surface area contributed by atoms with Crippen LogP contribution in [0.15, 0.2) is 12.1 Å². The van der Waals surface area contributed by atoms with Crippen LogP contribution < -0.4 is 0 Å². The van der Waals surface area contributed by atoms with Crippen LogP contribution in [0, 0.1) is 13.8 Å². The summed E-state index contributed by atoms with van der Waals surface area (Å²) < 4.78 is 30.9. The molecular weight excluding hydrogens is 352 g/mol. The summed E-state index contributed by atoms with van der Waals surface area (Å²) in [6, 6.07) is 4.02. The maximum Gasteiger partial charge on any atom is 0.282 e. The van der Waals surface area contributed by atoms with E-state index in [0.717, 1.165) is 30.7 Å². The summed E-state index contributed by atoms with van der Waals surface area (Å²) in [4.78, 5) is 14.5. The third kappa shape index (κ3) is 4.13. The highest BCUT2D eigenvalue weighted by Crippen LogP contribution is 2.18. The predicted molar refractivity (Wildman–Crippen MR) is 101 cm³/mol. The summed E-state index contributed by atoms with van der Waals surface area (Å²) >= 11 is 0. The molecule has 0 unspecified atom stereocenters. The summed E-state index contributed by atoms with van der Waals surface area (Å²) in [6.07, 6.45) is 3.66. The van der Waals surface area contributed by atoms with E-state index in [1.54, 1.807) is 8.61 Å². The Morgan fingerprint density at radius 2 is 1.42 bits per heavy atom. The summed E-state index contributed by atoms with van der Waals surface area (Å²) in [5.74, 6) is 0.0598. The first-order valence-corrected chi connectivity index (χ1v) is 10.9. The number of aryl methyl sites for hydroxylation is 2. The molecule has 0 aromatic carbocycles. The van der Waals surface area contributed by atoms with Crippen LogP contribution in [0.1, 0.15) is 37.1 Å². The highest BCUT2D eigenvalue weighted by Gasteiger charge is 2.32. The molecule has 2 aliphatic rings. The lowest BCUT2D eigenvalue weighted by molar-refractivity contribution is -0.131. The van der Waals surface area contributed by atoms with Gasteiger partial charge >= 0.3 is 0 Å². The molecule has 2 saturated heterocycles. The van der Waals surface area contributed by atoms with Crippen LogP contribution in [-0.4, -0.2) is 71.7 Å². The minimum absolute atomic E-state index is 0.0598. The fourth-order valence-corrected chi connectivity index (χ4v) is 5.54. The summed E-state index contributed by atoms with van der Waals surface area (Å²) in [6.45, 7) is 7.50. The van der Waals surface area contributed by atoms with Crippen LogP contribution in [0.4, 0.5) is 0 Å². The molecule has 0 bridgehead atoms. The number of hydrogen-bond donors (Lipinski definition) is 0. The molecule has 2 aliphatic heterocycles. The molecule has 3 heterocycles. The van der Waals surface area contributed by atoms with Gasteiger partial charge in [0.25, 0.3) is 10.2 Å². The van der Waals surface area contributed by atoms with Gasteiger partial charge in [0.05, 0.1) is 0 Å². The molecule has 0 radical (unpaired) electrons. The Kier molecular flexibility index (Phi) is 6.04. The van der Waals surface area contributed by atoms with Crippen molar-refractivity contribution in [3.63, 3.8) is 0 Å². The second kappa shape index (κ2) is 8.10. The zero-order valence-electron chi connectivity index (χ0n) is 15.9. The molecule has 1 aromatic rings. The van der Waals surface area contributed by atoms with E-state index < -0.39 is 10.2 Å². The maximum absolute atomic E-state index is 12.9. The summed E-state index contributed by atoms with van der Waals surface area (Å²) in [5, 5.41) is 0. The fraction of sp³-hybridized carbons (Fsp3) is 0.722. The Bertz CT molecular complexity index is 718. The number of carbonyl (C=O) groups excluding carboxylic acids is 1. The van der Waals surface area contributed by atoms with E-state index in [9.17, 15) is 13.2 Å². The van der Waals surface area contributed by atoms with Crippen molar-refractivity contribution >= 4 is 16.1 Å². The van der Waals surface area contributed by atoms with Gasteiger partial charge in [-0.15, -0.1) is 0 Å². The topological polar surface area (TPSA) is 65.9 Å². The normalized spacial score (nSPS) is 20.9. The molecule has 8 heteroatoms. The lowest BCUT2D eigenvalue weighted by Gasteiger charge is -2.31. The van der Waals surface area contributed by atoms with E-state index in [0.29, 0.717) is 52.2 Å². The highest BCUT2D eigenvalue weighted by molar-refractivity contribution is 7.86. The summed E-state index contributed by atoms with van der Waals surface area (Å²) in [5.41, 5.74) is 2.14. The number of piperidine rings is 1. The Labute approximate surface area is 156 Å². The average Bonchev–Trinajstić information content (AvgIpc) is 2.84. The van der Waals surface area contributed by atoms with E-state index in [-0.39, 0.29) is 5.91 Å². The standard InChI is InChI=1S/C18H30N4O3S/c1-16-7-8-17(2)22(16)15-18(23)19-9-6-12-21(14-13-19)26(24,25)20-10-4-3-5-11-20/h7-8H,3-6,9-15H2,1-2H3. The molecule has 26 heavy (non-hydrogen) atoms. The van der Waals surface area contributed by atoms with E-state index in [1.807, 2.05) is 35.4 Å². The average molecular weight is 383 g/mol. The van der Waals surface area contributed by atoms with Crippen molar-refractivity contribution in [2.24, 2.45) is 0 Å². The number of rotatable bonds is 4. The molecule has 3 rings (SSSR count). The lowest BCUT2D eigenvalue weighted by Crippen LogP contribution is -2.47. The monoisotopic (exact) mass is 382 g/mol. The van der Waals surface area contributed by atoms with Crippen LogP contribution in [0.3, 0.4) is 0 Å². The lowest BCUT2D eigenvalue weighted by atomic mass is 10.2. The van der Waals surface area contributed by atoms with Crippen molar-refractivity contribution in [3.05, 3.63) is 23.5 Å². The Hall–Kier alpha value is -1.38. The van der Waals surface area contributed by atoms with Gasteiger partial charge in [0.1, 0.15) is 6.54 Å². The van der Waals surface area contributed by atoms with Crippen LogP contribution in [0.25, 0.3) is 0 Å². The van der Waals surface area contributed by atoms with Gasteiger partial charge in [0.2, 0.25) is 5.91 Å². The Morgan fingerprint density at radius 1 is 0.846 bits per heavy atom. The van der Waals surface area contributed by atoms with Crippen molar-refractivity contribution in [3.8, 4) is 0 Å². The molecule has 1 amide bonds. The maximum atomic E-state index is 12.9. The minimum Gasteiger partial charge on any atom is -0.340 e. The van der Waals surface area contributed by atoms with Gasteiger partial charge in [0, 0.05) is 50.7 Å². The van der Waals surface area contributed by atoms with Crippen molar-refractivity contribution in [2.75, 3.05) is 39.3 Å². The van der Waals surface area contributed by atoms with Crippen LogP contribution >= 0.6 is 0 Å². The number of amides is 1. The molecular formula is C18H30N4O3S. The molecule has 146 valence electrons. The van der Waals surface area contributed by atoms with Crippen LogP contribution in [-0.2, 0) is 21.5 Å². The molecule has 0 saturated carbocycles. The first-order chi connectivity index (χ1) is 12.4. The second-order valence-corrected chi connectivity index (χ2v) is 9.23. The third-order valence-corrected chi connectivity index (χ3v) is 7.52. The molecule has 0 N–H and O–H groups in total. The first kappa shape index (κ1) is 19.4. The largest absolute Gasteiger partial charge is 0.340 e. The molecule has 0 atom stereocenters. The van der Waals surface area contributed by atoms with Gasteiger partial charge in [-0.05, 0) is 45.2 Å². The Morgan fingerprint density at radius 3 is 2.08 bits per heavy atom. The van der Waals surface area contributed by atoms with Crippen LogP contribution in [0.2, 0.25) is 0 Å². The van der Waals surface area contributed by atoms with Gasteiger partial charge < -0.3 is 9.47 Å². The number of aromatic nitrogens is 1. The zero-order chi connectivity index (χ0) is 18.7. The molecule has 0 spiro atoms. The van der Waals surface area contributed by atoms with Crippen molar-refractivity contribution < 1.29 is 13.2 Å². The van der Waals surface area contributed by atoms with E-state index in [1.165, 1.54) is 0 Å². The van der Waals surface area contributed by atoms with Gasteiger partial charge in [-0.25, -0.2) is 0 Å². The van der Waals surface area contributed by atoms with E-state index in [2.05, 4.69) is 0 Å². The number of hydrogen-bond acceptors (Lipinski definition) is 3. The molecule has 1 aromatic heterocycles. The van der Waals surface area contributed by atoms with Crippen molar-refractivity contribution in [2.45, 2.75) is 46.1 Å². The fourth-order valence-electron chi connectivity index (χ4n) is 3.82. The molecule has 2 fully saturated rings. The quantitative estimate of drug-likeness (QED) is 0.790. The first-order valence-electron chi connectivity index (χ1n) is 9.55. The van der Waals surface area contributed by atoms with Gasteiger partial charge in [0.15, 0.2) is 0 Å².